The van der Waals surface area contributed by atoms with Gasteiger partial charge >= 0.3 is 11.6 Å². The van der Waals surface area contributed by atoms with Crippen molar-refractivity contribution in [2.75, 3.05) is 7.11 Å². The first kappa shape index (κ1) is 19.5. The molecule has 1 heterocycles. The normalized spacial score (nSPS) is 12.1. The van der Waals surface area contributed by atoms with Gasteiger partial charge in [-0.25, -0.2) is 4.79 Å². The monoisotopic (exact) mass is 382 g/mol. The largest absolute Gasteiger partial charge is 0.507 e. The summed E-state index contributed by atoms with van der Waals surface area (Å²) in [7, 11) is 1.28. The van der Waals surface area contributed by atoms with Crippen LogP contribution in [0.15, 0.2) is 57.7 Å². The number of ether oxygens (including phenoxy) is 2. The van der Waals surface area contributed by atoms with E-state index in [1.54, 1.807) is 48.5 Å². The number of carbonyl (C=O) groups is 1. The highest BCUT2D eigenvalue weighted by molar-refractivity contribution is 5.84. The van der Waals surface area contributed by atoms with Gasteiger partial charge in [-0.15, -0.1) is 0 Å². The van der Waals surface area contributed by atoms with Gasteiger partial charge in [0.2, 0.25) is 0 Å². The molecule has 0 aliphatic heterocycles. The molecule has 0 amide bonds. The Balaban J connectivity index is 2.12. The Kier molecular flexibility index (Phi) is 5.68. The van der Waals surface area contributed by atoms with Crippen molar-refractivity contribution in [2.45, 2.75) is 32.3 Å². The molecule has 1 unspecified atom stereocenters. The van der Waals surface area contributed by atoms with Gasteiger partial charge in [-0.1, -0.05) is 24.3 Å². The van der Waals surface area contributed by atoms with E-state index in [9.17, 15) is 14.7 Å². The van der Waals surface area contributed by atoms with Crippen LogP contribution in [0.25, 0.3) is 11.0 Å². The third-order valence-electron chi connectivity index (χ3n) is 4.42. The molecule has 0 bridgehead atoms. The van der Waals surface area contributed by atoms with Crippen molar-refractivity contribution in [3.63, 3.8) is 0 Å². The molecule has 0 radical (unpaired) electrons. The van der Waals surface area contributed by atoms with Gasteiger partial charge in [0, 0.05) is 5.92 Å². The van der Waals surface area contributed by atoms with Gasteiger partial charge in [-0.05, 0) is 43.7 Å². The maximum atomic E-state index is 12.6. The second-order valence-electron chi connectivity index (χ2n) is 6.72. The highest BCUT2D eigenvalue weighted by atomic mass is 16.5. The van der Waals surface area contributed by atoms with Gasteiger partial charge in [-0.3, -0.25) is 4.79 Å². The fourth-order valence-electron chi connectivity index (χ4n) is 3.14. The quantitative estimate of drug-likeness (QED) is 0.513. The van der Waals surface area contributed by atoms with Gasteiger partial charge in [-0.2, -0.15) is 0 Å². The Morgan fingerprint density at radius 1 is 1.11 bits per heavy atom. The van der Waals surface area contributed by atoms with Crippen LogP contribution in [0, 0.1) is 0 Å². The topological polar surface area (TPSA) is 86.0 Å². The molecular weight excluding hydrogens is 360 g/mol. The number of aromatic hydroxyl groups is 1. The molecule has 0 aliphatic carbocycles. The minimum Gasteiger partial charge on any atom is -0.507 e. The second kappa shape index (κ2) is 8.17. The zero-order valence-corrected chi connectivity index (χ0v) is 16.0. The standard InChI is InChI=1S/C22H22O6/c1-13(2)27-15-10-8-14(9-11-15)17(12-19(23)26-3)20-21(24)16-6-4-5-7-18(16)28-22(20)25/h4-11,13,17,24H,12H2,1-3H3. The number of esters is 1. The lowest BCUT2D eigenvalue weighted by Crippen LogP contribution is -2.18. The van der Waals surface area contributed by atoms with Gasteiger partial charge in [0.25, 0.3) is 0 Å². The fourth-order valence-corrected chi connectivity index (χ4v) is 3.14. The Morgan fingerprint density at radius 2 is 1.79 bits per heavy atom. The summed E-state index contributed by atoms with van der Waals surface area (Å²) < 4.78 is 15.8. The molecule has 0 saturated heterocycles. The number of carbonyl (C=O) groups excluding carboxylic acids is 1. The van der Waals surface area contributed by atoms with E-state index in [1.807, 2.05) is 13.8 Å². The zero-order chi connectivity index (χ0) is 20.3. The molecular formula is C22H22O6. The van der Waals surface area contributed by atoms with Gasteiger partial charge in [0.15, 0.2) is 0 Å². The molecule has 2 aromatic carbocycles. The van der Waals surface area contributed by atoms with Crippen molar-refractivity contribution in [3.05, 3.63) is 70.1 Å². The summed E-state index contributed by atoms with van der Waals surface area (Å²) in [6, 6.07) is 13.8. The molecule has 0 aliphatic rings. The molecule has 1 aromatic heterocycles. The maximum absolute atomic E-state index is 12.6. The maximum Gasteiger partial charge on any atom is 0.343 e. The summed E-state index contributed by atoms with van der Waals surface area (Å²) in [6.45, 7) is 3.85. The molecule has 0 fully saturated rings. The van der Waals surface area contributed by atoms with Gasteiger partial charge in [0.05, 0.1) is 30.6 Å². The average molecular weight is 382 g/mol. The lowest BCUT2D eigenvalue weighted by Gasteiger charge is -2.18. The Hall–Kier alpha value is -3.28. The van der Waals surface area contributed by atoms with E-state index in [0.717, 1.165) is 0 Å². The summed E-state index contributed by atoms with van der Waals surface area (Å²) in [5.41, 5.74) is 0.292. The third kappa shape index (κ3) is 4.01. The van der Waals surface area contributed by atoms with E-state index < -0.39 is 17.5 Å². The summed E-state index contributed by atoms with van der Waals surface area (Å²) >= 11 is 0. The minimum atomic E-state index is -0.721. The van der Waals surface area contributed by atoms with Crippen LogP contribution in [-0.2, 0) is 9.53 Å². The van der Waals surface area contributed by atoms with Crippen LogP contribution in [-0.4, -0.2) is 24.3 Å². The van der Waals surface area contributed by atoms with Crippen LogP contribution in [0.2, 0.25) is 0 Å². The summed E-state index contributed by atoms with van der Waals surface area (Å²) in [4.78, 5) is 24.7. The predicted molar refractivity (Wildman–Crippen MR) is 105 cm³/mol. The highest BCUT2D eigenvalue weighted by Gasteiger charge is 2.27. The number of benzene rings is 2. The Bertz CT molecular complexity index is 1030. The first-order chi connectivity index (χ1) is 13.4. The van der Waals surface area contributed by atoms with Crippen molar-refractivity contribution in [1.82, 2.24) is 0 Å². The van der Waals surface area contributed by atoms with E-state index >= 15 is 0 Å². The van der Waals surface area contributed by atoms with Crippen molar-refractivity contribution in [2.24, 2.45) is 0 Å². The highest BCUT2D eigenvalue weighted by Crippen LogP contribution is 2.36. The van der Waals surface area contributed by atoms with E-state index in [2.05, 4.69) is 0 Å². The van der Waals surface area contributed by atoms with E-state index in [4.69, 9.17) is 13.9 Å². The van der Waals surface area contributed by atoms with Crippen molar-refractivity contribution >= 4 is 16.9 Å². The van der Waals surface area contributed by atoms with E-state index in [0.29, 0.717) is 16.7 Å². The summed E-state index contributed by atoms with van der Waals surface area (Å²) in [5, 5.41) is 11.2. The second-order valence-corrected chi connectivity index (χ2v) is 6.72. The number of para-hydroxylation sites is 1. The van der Waals surface area contributed by atoms with Crippen LogP contribution >= 0.6 is 0 Å². The number of rotatable bonds is 6. The predicted octanol–water partition coefficient (Wildman–Crippen LogP) is 3.98. The molecule has 146 valence electrons. The molecule has 1 atom stereocenters. The van der Waals surface area contributed by atoms with Crippen molar-refractivity contribution in [1.29, 1.82) is 0 Å². The van der Waals surface area contributed by atoms with Crippen LogP contribution in [0.1, 0.15) is 37.3 Å². The molecule has 3 aromatic rings. The van der Waals surface area contributed by atoms with Gasteiger partial charge in [0.1, 0.15) is 17.1 Å². The molecule has 28 heavy (non-hydrogen) atoms. The van der Waals surface area contributed by atoms with E-state index in [-0.39, 0.29) is 29.4 Å². The van der Waals surface area contributed by atoms with E-state index in [1.165, 1.54) is 7.11 Å². The SMILES string of the molecule is COC(=O)CC(c1ccc(OC(C)C)cc1)c1c(O)c2ccccc2oc1=O. The Labute approximate surface area is 162 Å². The first-order valence-corrected chi connectivity index (χ1v) is 8.98. The third-order valence-corrected chi connectivity index (χ3v) is 4.42. The average Bonchev–Trinajstić information content (AvgIpc) is 2.67. The smallest absolute Gasteiger partial charge is 0.343 e. The number of fused-ring (bicyclic) bond motifs is 1. The lowest BCUT2D eigenvalue weighted by atomic mass is 9.88. The summed E-state index contributed by atoms with van der Waals surface area (Å²) in [5.74, 6) is -0.741. The Morgan fingerprint density at radius 3 is 2.43 bits per heavy atom. The molecule has 0 spiro atoms. The molecule has 1 N–H and O–H groups in total. The van der Waals surface area contributed by atoms with Gasteiger partial charge < -0.3 is 19.0 Å². The number of methoxy groups -OCH3 is 1. The van der Waals surface area contributed by atoms with Crippen molar-refractivity contribution < 1.29 is 23.8 Å². The summed E-state index contributed by atoms with van der Waals surface area (Å²) in [6.07, 6.45) is -0.0920. The van der Waals surface area contributed by atoms with Crippen molar-refractivity contribution in [3.8, 4) is 11.5 Å². The van der Waals surface area contributed by atoms with Crippen LogP contribution in [0.5, 0.6) is 11.5 Å². The van der Waals surface area contributed by atoms with Crippen LogP contribution in [0.4, 0.5) is 0 Å². The fraction of sp³-hybridized carbons (Fsp3) is 0.273. The van der Waals surface area contributed by atoms with Crippen LogP contribution < -0.4 is 10.4 Å². The number of hydrogen-bond acceptors (Lipinski definition) is 6. The number of hydrogen-bond donors (Lipinski definition) is 1. The molecule has 0 saturated carbocycles. The lowest BCUT2D eigenvalue weighted by molar-refractivity contribution is -0.140. The molecule has 6 nitrogen and oxygen atoms in total. The molecule has 3 rings (SSSR count). The molecule has 6 heteroatoms. The zero-order valence-electron chi connectivity index (χ0n) is 16.0. The van der Waals surface area contributed by atoms with Crippen LogP contribution in [0.3, 0.4) is 0 Å². The first-order valence-electron chi connectivity index (χ1n) is 8.98. The minimum absolute atomic E-state index is 0.0216.